The average molecular weight is 200 g/mol. The van der Waals surface area contributed by atoms with Crippen LogP contribution in [0.25, 0.3) is 0 Å². The van der Waals surface area contributed by atoms with Crippen molar-refractivity contribution in [1.82, 2.24) is 10.2 Å². The molecule has 1 fully saturated rings. The van der Waals surface area contributed by atoms with E-state index in [9.17, 15) is 4.79 Å². The van der Waals surface area contributed by atoms with Gasteiger partial charge in [-0.1, -0.05) is 0 Å². The number of rotatable bonds is 4. The summed E-state index contributed by atoms with van der Waals surface area (Å²) < 4.78 is 5.23. The molecule has 0 aromatic carbocycles. The minimum atomic E-state index is 0.0507. The highest BCUT2D eigenvalue weighted by Gasteiger charge is 2.18. The molecular weight excluding hydrogens is 180 g/mol. The van der Waals surface area contributed by atoms with Gasteiger partial charge in [-0.05, 0) is 26.7 Å². The lowest BCUT2D eigenvalue weighted by Crippen LogP contribution is -2.44. The van der Waals surface area contributed by atoms with Gasteiger partial charge in [0.2, 0.25) is 0 Å². The van der Waals surface area contributed by atoms with Crippen LogP contribution in [0.5, 0.6) is 0 Å². The monoisotopic (exact) mass is 200 g/mol. The number of nitrogens with zero attached hydrogens (tertiary/aromatic N) is 1. The van der Waals surface area contributed by atoms with Crippen LogP contribution >= 0.6 is 0 Å². The Morgan fingerprint density at radius 3 is 2.71 bits per heavy atom. The molecule has 1 unspecified atom stereocenters. The molecule has 1 N–H and O–H groups in total. The third kappa shape index (κ3) is 3.54. The van der Waals surface area contributed by atoms with Crippen LogP contribution in [0.1, 0.15) is 26.7 Å². The van der Waals surface area contributed by atoms with Crippen molar-refractivity contribution < 1.29 is 9.53 Å². The Hall–Kier alpha value is -0.770. The largest absolute Gasteiger partial charge is 0.380 e. The zero-order valence-corrected chi connectivity index (χ0v) is 9.08. The van der Waals surface area contributed by atoms with E-state index in [0.29, 0.717) is 13.2 Å². The fourth-order valence-corrected chi connectivity index (χ4v) is 1.56. The summed E-state index contributed by atoms with van der Waals surface area (Å²) >= 11 is 0. The summed E-state index contributed by atoms with van der Waals surface area (Å²) in [6.07, 6.45) is 2.26. The van der Waals surface area contributed by atoms with E-state index in [0.717, 1.165) is 25.9 Å². The molecule has 1 saturated heterocycles. The Morgan fingerprint density at radius 2 is 2.14 bits per heavy atom. The Labute approximate surface area is 85.6 Å². The van der Waals surface area contributed by atoms with Crippen molar-refractivity contribution in [2.24, 2.45) is 0 Å². The van der Waals surface area contributed by atoms with Gasteiger partial charge >= 0.3 is 6.03 Å². The van der Waals surface area contributed by atoms with Gasteiger partial charge in [0.15, 0.2) is 0 Å². The van der Waals surface area contributed by atoms with Gasteiger partial charge < -0.3 is 15.0 Å². The molecule has 82 valence electrons. The molecule has 0 radical (unpaired) electrons. The predicted molar refractivity (Wildman–Crippen MR) is 55.3 cm³/mol. The number of carbonyl (C=O) groups excluding carboxylic acids is 1. The Morgan fingerprint density at radius 1 is 1.50 bits per heavy atom. The molecule has 1 rings (SSSR count). The maximum atomic E-state index is 11.6. The van der Waals surface area contributed by atoms with Crippen LogP contribution in [0, 0.1) is 0 Å². The maximum absolute atomic E-state index is 11.6. The van der Waals surface area contributed by atoms with Gasteiger partial charge in [0.1, 0.15) is 0 Å². The summed E-state index contributed by atoms with van der Waals surface area (Å²) in [7, 11) is 0. The van der Waals surface area contributed by atoms with E-state index in [1.54, 1.807) is 0 Å². The van der Waals surface area contributed by atoms with E-state index in [1.165, 1.54) is 0 Å². The molecule has 14 heavy (non-hydrogen) atoms. The van der Waals surface area contributed by atoms with E-state index in [1.807, 2.05) is 18.7 Å². The van der Waals surface area contributed by atoms with E-state index < -0.39 is 0 Å². The number of hydrogen-bond acceptors (Lipinski definition) is 2. The van der Waals surface area contributed by atoms with Crippen molar-refractivity contribution in [3.8, 4) is 0 Å². The number of nitrogens with one attached hydrogen (secondary N) is 1. The Bertz CT molecular complexity index is 179. The molecule has 0 spiro atoms. The van der Waals surface area contributed by atoms with Crippen LogP contribution in [0.3, 0.4) is 0 Å². The molecule has 1 aliphatic heterocycles. The molecule has 2 amide bonds. The van der Waals surface area contributed by atoms with Crippen LogP contribution in [0.4, 0.5) is 4.79 Å². The minimum Gasteiger partial charge on any atom is -0.380 e. The molecule has 1 heterocycles. The molecule has 0 aromatic rings. The second-order valence-corrected chi connectivity index (χ2v) is 3.70. The highest BCUT2D eigenvalue weighted by atomic mass is 16.5. The van der Waals surface area contributed by atoms with Gasteiger partial charge in [-0.15, -0.1) is 0 Å². The van der Waals surface area contributed by atoms with Crippen molar-refractivity contribution in [1.29, 1.82) is 0 Å². The normalized spacial score (nSPS) is 18.3. The van der Waals surface area contributed by atoms with Gasteiger partial charge in [-0.25, -0.2) is 4.79 Å². The Kier molecular flexibility index (Phi) is 4.73. The standard InChI is InChI=1S/C10H20N2O2/c1-3-14-8-9(2)11-10(13)12-6-4-5-7-12/h9H,3-8H2,1-2H3,(H,11,13). The molecular formula is C10H20N2O2. The quantitative estimate of drug-likeness (QED) is 0.741. The van der Waals surface area contributed by atoms with Crippen molar-refractivity contribution in [2.45, 2.75) is 32.7 Å². The highest BCUT2D eigenvalue weighted by molar-refractivity contribution is 5.74. The minimum absolute atomic E-state index is 0.0507. The summed E-state index contributed by atoms with van der Waals surface area (Å²) in [5, 5.41) is 2.92. The molecule has 0 aliphatic carbocycles. The van der Waals surface area contributed by atoms with Gasteiger partial charge in [0, 0.05) is 19.7 Å². The topological polar surface area (TPSA) is 41.6 Å². The van der Waals surface area contributed by atoms with E-state index in [2.05, 4.69) is 5.32 Å². The van der Waals surface area contributed by atoms with Gasteiger partial charge in [0.05, 0.1) is 12.6 Å². The van der Waals surface area contributed by atoms with Crippen LogP contribution in [-0.4, -0.2) is 43.3 Å². The molecule has 4 nitrogen and oxygen atoms in total. The van der Waals surface area contributed by atoms with Gasteiger partial charge in [-0.3, -0.25) is 0 Å². The number of hydrogen-bond donors (Lipinski definition) is 1. The first-order valence-corrected chi connectivity index (χ1v) is 5.37. The lowest BCUT2D eigenvalue weighted by Gasteiger charge is -2.20. The third-order valence-corrected chi connectivity index (χ3v) is 2.34. The molecule has 0 bridgehead atoms. The summed E-state index contributed by atoms with van der Waals surface area (Å²) in [5.41, 5.74) is 0. The number of ether oxygens (including phenoxy) is 1. The number of likely N-dealkylation sites (tertiary alicyclic amines) is 1. The van der Waals surface area contributed by atoms with Crippen molar-refractivity contribution >= 4 is 6.03 Å². The third-order valence-electron chi connectivity index (χ3n) is 2.34. The van der Waals surface area contributed by atoms with Crippen LogP contribution < -0.4 is 5.32 Å². The maximum Gasteiger partial charge on any atom is 0.317 e. The van der Waals surface area contributed by atoms with Gasteiger partial charge in [-0.2, -0.15) is 0 Å². The first kappa shape index (κ1) is 11.3. The SMILES string of the molecule is CCOCC(C)NC(=O)N1CCCC1. The Balaban J connectivity index is 2.18. The zero-order chi connectivity index (χ0) is 10.4. The molecule has 1 atom stereocenters. The predicted octanol–water partition coefficient (Wildman–Crippen LogP) is 1.22. The second kappa shape index (κ2) is 5.86. The summed E-state index contributed by atoms with van der Waals surface area (Å²) in [6.45, 7) is 7.00. The van der Waals surface area contributed by atoms with Crippen molar-refractivity contribution in [3.05, 3.63) is 0 Å². The highest BCUT2D eigenvalue weighted by Crippen LogP contribution is 2.07. The van der Waals surface area contributed by atoms with Crippen molar-refractivity contribution in [3.63, 3.8) is 0 Å². The smallest absolute Gasteiger partial charge is 0.317 e. The lowest BCUT2D eigenvalue weighted by atomic mass is 10.4. The first-order chi connectivity index (χ1) is 6.74. The average Bonchev–Trinajstić information content (AvgIpc) is 2.67. The molecule has 4 heteroatoms. The fraction of sp³-hybridized carbons (Fsp3) is 0.900. The number of amides is 2. The summed E-state index contributed by atoms with van der Waals surface area (Å²) in [6, 6.07) is 0.151. The fourth-order valence-electron chi connectivity index (χ4n) is 1.56. The molecule has 1 aliphatic rings. The first-order valence-electron chi connectivity index (χ1n) is 5.37. The van der Waals surface area contributed by atoms with Crippen LogP contribution in [0.2, 0.25) is 0 Å². The van der Waals surface area contributed by atoms with Crippen LogP contribution in [0.15, 0.2) is 0 Å². The summed E-state index contributed by atoms with van der Waals surface area (Å²) in [5.74, 6) is 0. The lowest BCUT2D eigenvalue weighted by molar-refractivity contribution is 0.125. The van der Waals surface area contributed by atoms with Crippen LogP contribution in [-0.2, 0) is 4.74 Å². The van der Waals surface area contributed by atoms with E-state index in [4.69, 9.17) is 4.74 Å². The number of carbonyl (C=O) groups is 1. The van der Waals surface area contributed by atoms with Crippen molar-refractivity contribution in [2.75, 3.05) is 26.3 Å². The zero-order valence-electron chi connectivity index (χ0n) is 9.08. The number of urea groups is 1. The van der Waals surface area contributed by atoms with E-state index in [-0.39, 0.29) is 12.1 Å². The second-order valence-electron chi connectivity index (χ2n) is 3.70. The molecule has 0 aromatic heterocycles. The molecule has 0 saturated carbocycles. The van der Waals surface area contributed by atoms with E-state index >= 15 is 0 Å². The van der Waals surface area contributed by atoms with Gasteiger partial charge in [0.25, 0.3) is 0 Å². The summed E-state index contributed by atoms with van der Waals surface area (Å²) in [4.78, 5) is 13.4.